The first-order valence-electron chi connectivity index (χ1n) is 10.5. The van der Waals surface area contributed by atoms with Crippen LogP contribution in [0.1, 0.15) is 63.5 Å². The Morgan fingerprint density at radius 1 is 1.23 bits per heavy atom. The molecule has 8 nitrogen and oxygen atoms in total. The van der Waals surface area contributed by atoms with Crippen molar-refractivity contribution in [1.82, 2.24) is 25.5 Å². The number of rotatable bonds is 3. The van der Waals surface area contributed by atoms with Gasteiger partial charge in [-0.1, -0.05) is 26.3 Å². The number of likely N-dealkylation sites (tertiary alicyclic amines) is 1. The maximum Gasteiger partial charge on any atom is 0.322 e. The Hall–Kier alpha value is -2.79. The summed E-state index contributed by atoms with van der Waals surface area (Å²) < 4.78 is 0. The Balaban J connectivity index is 1.57. The van der Waals surface area contributed by atoms with Crippen LogP contribution in [0.4, 0.5) is 4.79 Å². The lowest BCUT2D eigenvalue weighted by Crippen LogP contribution is -2.55. The smallest absolute Gasteiger partial charge is 0.322 e. The van der Waals surface area contributed by atoms with Crippen LogP contribution in [0, 0.1) is 16.7 Å². The summed E-state index contributed by atoms with van der Waals surface area (Å²) in [6.07, 6.45) is 5.74. The van der Waals surface area contributed by atoms with Gasteiger partial charge in [0.15, 0.2) is 0 Å². The van der Waals surface area contributed by atoms with Gasteiger partial charge in [-0.3, -0.25) is 15.0 Å². The number of amides is 3. The average molecular weight is 409 g/mol. The minimum Gasteiger partial charge on any atom is -0.323 e. The summed E-state index contributed by atoms with van der Waals surface area (Å²) in [6.45, 7) is 8.96. The zero-order valence-corrected chi connectivity index (χ0v) is 17.8. The molecule has 1 aromatic heterocycles. The summed E-state index contributed by atoms with van der Waals surface area (Å²) in [7, 11) is 0. The third-order valence-electron chi connectivity index (χ3n) is 6.22. The SMILES string of the molecule is CC(C)(C)CC1=C(CN2CCC3(CC2)NC(=O)NC3=O)CCc2cnc(C#N)nc21. The monoisotopic (exact) mass is 408 g/mol. The summed E-state index contributed by atoms with van der Waals surface area (Å²) in [4.78, 5) is 34.9. The molecule has 0 aromatic carbocycles. The highest BCUT2D eigenvalue weighted by atomic mass is 16.2. The standard InChI is InChI=1S/C22H28N6O2/c1-21(2,3)10-16-15(5-4-14-12-24-17(11-23)25-18(14)16)13-28-8-6-22(7-9-28)19(29)26-20(30)27-22/h12H,4-10,13H2,1-3H3,(H2,26,27,29,30). The second-order valence-electron chi connectivity index (χ2n) is 9.77. The highest BCUT2D eigenvalue weighted by Crippen LogP contribution is 2.38. The van der Waals surface area contributed by atoms with Gasteiger partial charge in [-0.2, -0.15) is 5.26 Å². The number of allylic oxidation sites excluding steroid dienone is 1. The molecule has 1 aliphatic carbocycles. The molecule has 0 unspecified atom stereocenters. The second-order valence-corrected chi connectivity index (χ2v) is 9.77. The van der Waals surface area contributed by atoms with Crippen molar-refractivity contribution in [3.8, 4) is 6.07 Å². The number of aromatic nitrogens is 2. The number of nitriles is 1. The van der Waals surface area contributed by atoms with Crippen LogP contribution in [0.3, 0.4) is 0 Å². The lowest BCUT2D eigenvalue weighted by Gasteiger charge is -2.38. The molecule has 2 fully saturated rings. The van der Waals surface area contributed by atoms with Gasteiger partial charge >= 0.3 is 6.03 Å². The van der Waals surface area contributed by atoms with E-state index in [1.165, 1.54) is 11.1 Å². The number of carbonyl (C=O) groups is 2. The van der Waals surface area contributed by atoms with Crippen LogP contribution in [0.25, 0.3) is 5.57 Å². The molecule has 2 N–H and O–H groups in total. The first-order valence-corrected chi connectivity index (χ1v) is 10.5. The Bertz CT molecular complexity index is 961. The number of urea groups is 1. The molecule has 0 atom stereocenters. The van der Waals surface area contributed by atoms with Gasteiger partial charge in [0.2, 0.25) is 5.82 Å². The highest BCUT2D eigenvalue weighted by molar-refractivity contribution is 6.07. The number of hydrogen-bond donors (Lipinski definition) is 2. The predicted molar refractivity (Wildman–Crippen MR) is 111 cm³/mol. The summed E-state index contributed by atoms with van der Waals surface area (Å²) in [5, 5.41) is 14.5. The number of nitrogens with one attached hydrogen (secondary N) is 2. The lowest BCUT2D eigenvalue weighted by molar-refractivity contribution is -0.125. The number of nitrogens with zero attached hydrogens (tertiary/aromatic N) is 4. The van der Waals surface area contributed by atoms with E-state index in [1.807, 2.05) is 0 Å². The van der Waals surface area contributed by atoms with E-state index in [4.69, 9.17) is 0 Å². The molecule has 3 aliphatic rings. The molecule has 3 heterocycles. The minimum atomic E-state index is -0.746. The van der Waals surface area contributed by atoms with E-state index in [0.717, 1.165) is 50.2 Å². The van der Waals surface area contributed by atoms with Gasteiger partial charge in [0.05, 0.1) is 5.69 Å². The van der Waals surface area contributed by atoms with Crippen molar-refractivity contribution >= 4 is 17.5 Å². The molecule has 4 rings (SSSR count). The largest absolute Gasteiger partial charge is 0.323 e. The predicted octanol–water partition coefficient (Wildman–Crippen LogP) is 2.16. The van der Waals surface area contributed by atoms with Crippen LogP contribution >= 0.6 is 0 Å². The van der Waals surface area contributed by atoms with Crippen molar-refractivity contribution in [3.63, 3.8) is 0 Å². The summed E-state index contributed by atoms with van der Waals surface area (Å²) in [5.74, 6) is 0.0106. The van der Waals surface area contributed by atoms with Gasteiger partial charge in [0.1, 0.15) is 11.6 Å². The Kier molecular flexibility index (Phi) is 5.10. The molecular formula is C22H28N6O2. The maximum atomic E-state index is 12.2. The molecule has 1 spiro atoms. The van der Waals surface area contributed by atoms with E-state index >= 15 is 0 Å². The first-order chi connectivity index (χ1) is 14.2. The van der Waals surface area contributed by atoms with E-state index in [0.29, 0.717) is 12.8 Å². The van der Waals surface area contributed by atoms with Crippen molar-refractivity contribution in [2.45, 2.75) is 58.4 Å². The molecule has 1 aromatic rings. The zero-order chi connectivity index (χ0) is 21.5. The summed E-state index contributed by atoms with van der Waals surface area (Å²) in [5.41, 5.74) is 3.97. The van der Waals surface area contributed by atoms with Gasteiger partial charge in [-0.05, 0) is 48.7 Å². The average Bonchev–Trinajstić information content (AvgIpc) is 2.97. The van der Waals surface area contributed by atoms with E-state index in [1.54, 1.807) is 6.20 Å². The Morgan fingerprint density at radius 2 is 1.97 bits per heavy atom. The molecule has 30 heavy (non-hydrogen) atoms. The number of piperidine rings is 1. The fraction of sp³-hybridized carbons (Fsp3) is 0.591. The molecule has 3 amide bonds. The van der Waals surface area contributed by atoms with Crippen LogP contribution in [-0.2, 0) is 11.2 Å². The number of imide groups is 1. The fourth-order valence-corrected chi connectivity index (χ4v) is 4.67. The molecule has 158 valence electrons. The molecular weight excluding hydrogens is 380 g/mol. The molecule has 8 heteroatoms. The third-order valence-corrected chi connectivity index (χ3v) is 6.22. The Morgan fingerprint density at radius 3 is 2.57 bits per heavy atom. The van der Waals surface area contributed by atoms with Gasteiger partial charge in [0, 0.05) is 25.8 Å². The highest BCUT2D eigenvalue weighted by Gasteiger charge is 2.47. The van der Waals surface area contributed by atoms with Gasteiger partial charge < -0.3 is 5.32 Å². The van der Waals surface area contributed by atoms with Crippen molar-refractivity contribution in [2.24, 2.45) is 5.41 Å². The van der Waals surface area contributed by atoms with E-state index in [-0.39, 0.29) is 23.2 Å². The van der Waals surface area contributed by atoms with E-state index in [9.17, 15) is 14.9 Å². The maximum absolute atomic E-state index is 12.2. The minimum absolute atomic E-state index is 0.0884. The molecule has 0 saturated carbocycles. The number of carbonyl (C=O) groups excluding carboxylic acids is 2. The number of hydrogen-bond acceptors (Lipinski definition) is 6. The van der Waals surface area contributed by atoms with Gasteiger partial charge in [-0.25, -0.2) is 14.8 Å². The van der Waals surface area contributed by atoms with Crippen molar-refractivity contribution in [3.05, 3.63) is 28.9 Å². The van der Waals surface area contributed by atoms with Crippen LogP contribution in [0.5, 0.6) is 0 Å². The van der Waals surface area contributed by atoms with Gasteiger partial charge in [0.25, 0.3) is 5.91 Å². The second kappa shape index (κ2) is 7.47. The normalized spacial score (nSPS) is 21.3. The third kappa shape index (κ3) is 3.94. The quantitative estimate of drug-likeness (QED) is 0.742. The van der Waals surface area contributed by atoms with Crippen molar-refractivity contribution in [2.75, 3.05) is 19.6 Å². The molecule has 0 bridgehead atoms. The van der Waals surface area contributed by atoms with Crippen molar-refractivity contribution < 1.29 is 9.59 Å². The zero-order valence-electron chi connectivity index (χ0n) is 17.8. The van der Waals surface area contributed by atoms with Crippen LogP contribution in [0.15, 0.2) is 11.8 Å². The Labute approximate surface area is 176 Å². The fourth-order valence-electron chi connectivity index (χ4n) is 4.67. The van der Waals surface area contributed by atoms with Crippen molar-refractivity contribution in [1.29, 1.82) is 5.26 Å². The van der Waals surface area contributed by atoms with E-state index in [2.05, 4.69) is 52.3 Å². The summed E-state index contributed by atoms with van der Waals surface area (Å²) >= 11 is 0. The van der Waals surface area contributed by atoms with E-state index < -0.39 is 5.54 Å². The molecule has 0 radical (unpaired) electrons. The topological polar surface area (TPSA) is 111 Å². The lowest BCUT2D eigenvalue weighted by atomic mass is 9.79. The van der Waals surface area contributed by atoms with Gasteiger partial charge in [-0.15, -0.1) is 0 Å². The van der Waals surface area contributed by atoms with Crippen LogP contribution in [0.2, 0.25) is 0 Å². The van der Waals surface area contributed by atoms with Crippen LogP contribution < -0.4 is 10.6 Å². The number of aryl methyl sites for hydroxylation is 1. The number of fused-ring (bicyclic) bond motifs is 1. The molecule has 2 aliphatic heterocycles. The van der Waals surface area contributed by atoms with Crippen LogP contribution in [-0.4, -0.2) is 52.0 Å². The molecule has 2 saturated heterocycles. The first kappa shape index (κ1) is 20.5. The summed E-state index contributed by atoms with van der Waals surface area (Å²) in [6, 6.07) is 1.68.